The number of aromatic nitrogens is 2. The van der Waals surface area contributed by atoms with E-state index >= 15 is 0 Å². The van der Waals surface area contributed by atoms with Crippen LogP contribution in [0.4, 0.5) is 22.9 Å². The molecule has 2 heterocycles. The van der Waals surface area contributed by atoms with Crippen LogP contribution < -0.4 is 21.3 Å². The number of anilines is 4. The van der Waals surface area contributed by atoms with E-state index in [1.54, 1.807) is 6.33 Å². The van der Waals surface area contributed by atoms with Gasteiger partial charge in [-0.25, -0.2) is 9.97 Å². The van der Waals surface area contributed by atoms with Crippen molar-refractivity contribution >= 4 is 33.8 Å². The Morgan fingerprint density at radius 3 is 2.70 bits per heavy atom. The minimum absolute atomic E-state index is 0.288. The molecule has 0 atom stereocenters. The zero-order chi connectivity index (χ0) is 20.9. The Hall–Kier alpha value is -3.06. The van der Waals surface area contributed by atoms with Gasteiger partial charge in [-0.2, -0.15) is 0 Å². The summed E-state index contributed by atoms with van der Waals surface area (Å²) in [6.45, 7) is 5.75. The van der Waals surface area contributed by atoms with Gasteiger partial charge in [0.15, 0.2) is 0 Å². The van der Waals surface area contributed by atoms with Gasteiger partial charge in [-0.05, 0) is 49.4 Å². The fraction of sp³-hybridized carbons (Fsp3) is 0.391. The van der Waals surface area contributed by atoms with E-state index < -0.39 is 0 Å². The molecule has 1 aliphatic rings. The number of aliphatic hydroxyl groups is 1. The number of nitrogens with one attached hydrogen (secondary N) is 2. The molecule has 3 aromatic rings. The van der Waals surface area contributed by atoms with Gasteiger partial charge in [0, 0.05) is 43.9 Å². The van der Waals surface area contributed by atoms with Crippen LogP contribution in [-0.2, 0) is 6.54 Å². The second-order valence-electron chi connectivity index (χ2n) is 7.80. The van der Waals surface area contributed by atoms with E-state index in [0.29, 0.717) is 18.2 Å². The summed E-state index contributed by atoms with van der Waals surface area (Å²) in [5.41, 5.74) is 11.1. The SMILES string of the molecule is CCNc1cc2ncnc(NCc3ccccc3N3CCC(CO)CC3)c2cc1N. The van der Waals surface area contributed by atoms with Crippen LogP contribution in [0.15, 0.2) is 42.7 Å². The number of hydrogen-bond donors (Lipinski definition) is 4. The monoisotopic (exact) mass is 406 g/mol. The number of nitrogens with zero attached hydrogens (tertiary/aromatic N) is 3. The van der Waals surface area contributed by atoms with E-state index in [0.717, 1.165) is 54.9 Å². The average Bonchev–Trinajstić information content (AvgIpc) is 2.79. The maximum Gasteiger partial charge on any atom is 0.137 e. The highest BCUT2D eigenvalue weighted by molar-refractivity contribution is 5.95. The third-order valence-corrected chi connectivity index (χ3v) is 5.83. The molecule has 1 aromatic heterocycles. The molecule has 0 saturated carbocycles. The number of rotatable bonds is 7. The first-order valence-electron chi connectivity index (χ1n) is 10.6. The summed E-state index contributed by atoms with van der Waals surface area (Å²) in [7, 11) is 0. The summed E-state index contributed by atoms with van der Waals surface area (Å²) in [6, 6.07) is 12.4. The fourth-order valence-corrected chi connectivity index (χ4v) is 4.11. The van der Waals surface area contributed by atoms with Crippen molar-refractivity contribution in [3.63, 3.8) is 0 Å². The van der Waals surface area contributed by atoms with E-state index in [4.69, 9.17) is 5.73 Å². The molecule has 1 saturated heterocycles. The predicted molar refractivity (Wildman–Crippen MR) is 124 cm³/mol. The summed E-state index contributed by atoms with van der Waals surface area (Å²) >= 11 is 0. The number of benzene rings is 2. The van der Waals surface area contributed by atoms with Gasteiger partial charge in [0.1, 0.15) is 12.1 Å². The Bertz CT molecular complexity index is 1000. The second kappa shape index (κ2) is 9.17. The van der Waals surface area contributed by atoms with Gasteiger partial charge in [0.05, 0.1) is 16.9 Å². The van der Waals surface area contributed by atoms with Crippen molar-refractivity contribution in [2.75, 3.05) is 47.5 Å². The molecule has 0 bridgehead atoms. The van der Waals surface area contributed by atoms with Crippen LogP contribution in [-0.4, -0.2) is 41.3 Å². The second-order valence-corrected chi connectivity index (χ2v) is 7.80. The lowest BCUT2D eigenvalue weighted by Crippen LogP contribution is -2.35. The molecule has 158 valence electrons. The topological polar surface area (TPSA) is 99.3 Å². The Morgan fingerprint density at radius 1 is 1.13 bits per heavy atom. The van der Waals surface area contributed by atoms with Gasteiger partial charge >= 0.3 is 0 Å². The van der Waals surface area contributed by atoms with Crippen LogP contribution in [0.25, 0.3) is 10.9 Å². The Balaban J connectivity index is 1.54. The maximum atomic E-state index is 9.41. The number of para-hydroxylation sites is 1. The van der Waals surface area contributed by atoms with E-state index in [1.807, 2.05) is 19.1 Å². The van der Waals surface area contributed by atoms with Crippen molar-refractivity contribution in [1.29, 1.82) is 0 Å². The van der Waals surface area contributed by atoms with Crippen molar-refractivity contribution in [2.24, 2.45) is 5.92 Å². The molecule has 0 radical (unpaired) electrons. The van der Waals surface area contributed by atoms with Gasteiger partial charge in [-0.15, -0.1) is 0 Å². The van der Waals surface area contributed by atoms with Crippen LogP contribution in [0.2, 0.25) is 0 Å². The summed E-state index contributed by atoms with van der Waals surface area (Å²) in [6.07, 6.45) is 3.65. The number of aliphatic hydroxyl groups excluding tert-OH is 1. The first kappa shape index (κ1) is 20.2. The first-order chi connectivity index (χ1) is 14.7. The van der Waals surface area contributed by atoms with Gasteiger partial charge in [-0.3, -0.25) is 0 Å². The van der Waals surface area contributed by atoms with Crippen molar-refractivity contribution in [2.45, 2.75) is 26.3 Å². The molecule has 7 heteroatoms. The van der Waals surface area contributed by atoms with E-state index in [2.05, 4.69) is 49.8 Å². The molecule has 0 aliphatic carbocycles. The smallest absolute Gasteiger partial charge is 0.137 e. The highest BCUT2D eigenvalue weighted by atomic mass is 16.3. The molecule has 4 rings (SSSR count). The molecule has 2 aromatic carbocycles. The van der Waals surface area contributed by atoms with E-state index in [9.17, 15) is 5.11 Å². The summed E-state index contributed by atoms with van der Waals surface area (Å²) in [4.78, 5) is 11.3. The zero-order valence-corrected chi connectivity index (χ0v) is 17.4. The summed E-state index contributed by atoms with van der Waals surface area (Å²) < 4.78 is 0. The molecule has 7 nitrogen and oxygen atoms in total. The van der Waals surface area contributed by atoms with Gasteiger partial charge in [-0.1, -0.05) is 18.2 Å². The summed E-state index contributed by atoms with van der Waals surface area (Å²) in [5, 5.41) is 17.1. The fourth-order valence-electron chi connectivity index (χ4n) is 4.11. The standard InChI is InChI=1S/C23H30N6O/c1-2-25-21-12-20-18(11-19(21)24)23(28-15-27-20)26-13-17-5-3-4-6-22(17)29-9-7-16(14-30)8-10-29/h3-6,11-12,15-16,25,30H,2,7-10,13-14,24H2,1H3,(H,26,27,28). The average molecular weight is 407 g/mol. The molecule has 0 spiro atoms. The number of hydrogen-bond acceptors (Lipinski definition) is 7. The molecule has 5 N–H and O–H groups in total. The predicted octanol–water partition coefficient (Wildman–Crippen LogP) is 3.46. The van der Waals surface area contributed by atoms with Gasteiger partial charge in [0.2, 0.25) is 0 Å². The van der Waals surface area contributed by atoms with Crippen molar-refractivity contribution in [1.82, 2.24) is 9.97 Å². The third kappa shape index (κ3) is 4.26. The molecular formula is C23H30N6O. The van der Waals surface area contributed by atoms with Crippen LogP contribution in [0.1, 0.15) is 25.3 Å². The van der Waals surface area contributed by atoms with Crippen molar-refractivity contribution in [3.05, 3.63) is 48.3 Å². The van der Waals surface area contributed by atoms with Crippen LogP contribution >= 0.6 is 0 Å². The highest BCUT2D eigenvalue weighted by Gasteiger charge is 2.20. The number of piperidine rings is 1. The minimum Gasteiger partial charge on any atom is -0.397 e. The quantitative estimate of drug-likeness (QED) is 0.446. The summed E-state index contributed by atoms with van der Waals surface area (Å²) in [5.74, 6) is 1.21. The molecular weight excluding hydrogens is 376 g/mol. The molecule has 30 heavy (non-hydrogen) atoms. The highest BCUT2D eigenvalue weighted by Crippen LogP contribution is 2.30. The molecule has 0 unspecified atom stereocenters. The lowest BCUT2D eigenvalue weighted by molar-refractivity contribution is 0.203. The normalized spacial score (nSPS) is 14.8. The van der Waals surface area contributed by atoms with Crippen molar-refractivity contribution < 1.29 is 5.11 Å². The van der Waals surface area contributed by atoms with Crippen LogP contribution in [0.3, 0.4) is 0 Å². The van der Waals surface area contributed by atoms with E-state index in [-0.39, 0.29) is 6.61 Å². The maximum absolute atomic E-state index is 9.41. The molecule has 1 aliphatic heterocycles. The molecule has 1 fully saturated rings. The Morgan fingerprint density at radius 2 is 1.93 bits per heavy atom. The number of nitrogen functional groups attached to an aromatic ring is 1. The first-order valence-corrected chi connectivity index (χ1v) is 10.6. The van der Waals surface area contributed by atoms with Gasteiger partial charge < -0.3 is 26.4 Å². The third-order valence-electron chi connectivity index (χ3n) is 5.83. The molecule has 0 amide bonds. The van der Waals surface area contributed by atoms with Crippen LogP contribution in [0.5, 0.6) is 0 Å². The van der Waals surface area contributed by atoms with E-state index in [1.165, 1.54) is 11.3 Å². The lowest BCUT2D eigenvalue weighted by atomic mass is 9.97. The number of nitrogens with two attached hydrogens (primary N) is 1. The van der Waals surface area contributed by atoms with Crippen molar-refractivity contribution in [3.8, 4) is 0 Å². The van der Waals surface area contributed by atoms with Gasteiger partial charge in [0.25, 0.3) is 0 Å². The minimum atomic E-state index is 0.288. The number of fused-ring (bicyclic) bond motifs is 1. The lowest BCUT2D eigenvalue weighted by Gasteiger charge is -2.34. The van der Waals surface area contributed by atoms with Crippen LogP contribution in [0, 0.1) is 5.92 Å². The Labute approximate surface area is 177 Å². The largest absolute Gasteiger partial charge is 0.397 e. The Kier molecular flexibility index (Phi) is 6.18. The zero-order valence-electron chi connectivity index (χ0n) is 17.4.